The molecule has 0 atom stereocenters. The van der Waals surface area contributed by atoms with E-state index in [9.17, 15) is 0 Å². The summed E-state index contributed by atoms with van der Waals surface area (Å²) in [7, 11) is 0. The molecule has 0 amide bonds. The molecule has 0 aliphatic heterocycles. The largest absolute Gasteiger partial charge is 0.0840 e. The molecular weight excluding hydrogens is 156 g/mol. The first-order chi connectivity index (χ1) is 5.11. The van der Waals surface area contributed by atoms with Gasteiger partial charge in [0.25, 0.3) is 0 Å². The van der Waals surface area contributed by atoms with Gasteiger partial charge in [-0.2, -0.15) is 0 Å². The predicted molar refractivity (Wildman–Crippen MR) is 49.1 cm³/mol. The van der Waals surface area contributed by atoms with Crippen LogP contribution >= 0.6 is 11.6 Å². The van der Waals surface area contributed by atoms with Crippen LogP contribution in [0.5, 0.6) is 0 Å². The lowest BCUT2D eigenvalue weighted by atomic mass is 10.0. The molecule has 0 fully saturated rings. The quantitative estimate of drug-likeness (QED) is 0.600. The fourth-order valence-electron chi connectivity index (χ4n) is 1.02. The molecule has 0 heterocycles. The van der Waals surface area contributed by atoms with Gasteiger partial charge in [0, 0.05) is 5.02 Å². The van der Waals surface area contributed by atoms with Crippen LogP contribution in [0.3, 0.4) is 0 Å². The summed E-state index contributed by atoms with van der Waals surface area (Å²) in [6.07, 6.45) is 0. The van der Waals surface area contributed by atoms with Crippen LogP contribution in [0, 0.1) is 13.0 Å². The molecule has 11 heavy (non-hydrogen) atoms. The van der Waals surface area contributed by atoms with E-state index in [0.29, 0.717) is 5.92 Å². The summed E-state index contributed by atoms with van der Waals surface area (Å²) < 4.78 is 0. The average molecular weight is 168 g/mol. The number of halogens is 1. The third kappa shape index (κ3) is 1.97. The van der Waals surface area contributed by atoms with E-state index >= 15 is 0 Å². The second kappa shape index (κ2) is 3.27. The molecule has 1 rings (SSSR count). The Balaban J connectivity index is 3.09. The van der Waals surface area contributed by atoms with Crippen molar-refractivity contribution in [2.75, 3.05) is 0 Å². The molecule has 0 unspecified atom stereocenters. The van der Waals surface area contributed by atoms with Gasteiger partial charge in [0.1, 0.15) is 0 Å². The van der Waals surface area contributed by atoms with E-state index in [2.05, 4.69) is 19.9 Å². The van der Waals surface area contributed by atoms with E-state index in [1.54, 1.807) is 0 Å². The lowest BCUT2D eigenvalue weighted by molar-refractivity contribution is 0.866. The number of aryl methyl sites for hydroxylation is 1. The van der Waals surface area contributed by atoms with Crippen molar-refractivity contribution in [3.8, 4) is 0 Å². The van der Waals surface area contributed by atoms with Crippen LogP contribution < -0.4 is 0 Å². The highest BCUT2D eigenvalue weighted by molar-refractivity contribution is 6.31. The van der Waals surface area contributed by atoms with Gasteiger partial charge >= 0.3 is 0 Å². The molecule has 59 valence electrons. The molecule has 0 spiro atoms. The number of hydrogen-bond donors (Lipinski definition) is 0. The molecule has 0 bridgehead atoms. The second-order valence-electron chi connectivity index (χ2n) is 3.07. The summed E-state index contributed by atoms with van der Waals surface area (Å²) in [6, 6.07) is 7.07. The van der Waals surface area contributed by atoms with Crippen LogP contribution in [0.25, 0.3) is 0 Å². The van der Waals surface area contributed by atoms with Crippen LogP contribution in [0.2, 0.25) is 5.02 Å². The van der Waals surface area contributed by atoms with Crippen LogP contribution in [0.4, 0.5) is 0 Å². The minimum absolute atomic E-state index is 0.486. The standard InChI is InChI=1S/C10H12Cl/c1-7(2)9-5-4-8(3)6-10(9)11/h5-7H,1-3H3. The molecule has 0 aromatic heterocycles. The maximum atomic E-state index is 6.00. The Morgan fingerprint density at radius 3 is 2.55 bits per heavy atom. The second-order valence-corrected chi connectivity index (χ2v) is 3.48. The van der Waals surface area contributed by atoms with Gasteiger partial charge in [0.2, 0.25) is 0 Å². The highest BCUT2D eigenvalue weighted by Gasteiger charge is 2.03. The minimum Gasteiger partial charge on any atom is -0.0840 e. The molecule has 0 nitrogen and oxygen atoms in total. The first-order valence-corrected chi connectivity index (χ1v) is 4.17. The van der Waals surface area contributed by atoms with Crippen molar-refractivity contribution in [2.45, 2.75) is 26.7 Å². The van der Waals surface area contributed by atoms with E-state index in [1.807, 2.05) is 19.1 Å². The molecule has 0 N–H and O–H groups in total. The SMILES string of the molecule is Cc1[c]cc(C(C)C)c(Cl)c1. The van der Waals surface area contributed by atoms with Crippen molar-refractivity contribution in [2.24, 2.45) is 0 Å². The van der Waals surface area contributed by atoms with Crippen molar-refractivity contribution < 1.29 is 0 Å². The van der Waals surface area contributed by atoms with Crippen molar-refractivity contribution in [1.82, 2.24) is 0 Å². The topological polar surface area (TPSA) is 0 Å². The molecule has 1 aromatic rings. The van der Waals surface area contributed by atoms with Crippen molar-refractivity contribution >= 4 is 11.6 Å². The average Bonchev–Trinajstić information content (AvgIpc) is 1.85. The Morgan fingerprint density at radius 1 is 1.45 bits per heavy atom. The highest BCUT2D eigenvalue weighted by atomic mass is 35.5. The summed E-state index contributed by atoms with van der Waals surface area (Å²) in [5, 5.41) is 0.858. The zero-order chi connectivity index (χ0) is 8.43. The smallest absolute Gasteiger partial charge is 0.0443 e. The predicted octanol–water partition coefficient (Wildman–Crippen LogP) is 3.57. The van der Waals surface area contributed by atoms with Gasteiger partial charge in [0.05, 0.1) is 0 Å². The lowest BCUT2D eigenvalue weighted by Gasteiger charge is -2.07. The molecule has 0 saturated carbocycles. The van der Waals surface area contributed by atoms with Gasteiger partial charge in [-0.15, -0.1) is 0 Å². The Kier molecular flexibility index (Phi) is 2.56. The zero-order valence-electron chi connectivity index (χ0n) is 7.11. The third-order valence-electron chi connectivity index (χ3n) is 1.70. The van der Waals surface area contributed by atoms with Crippen LogP contribution in [-0.2, 0) is 0 Å². The first kappa shape index (κ1) is 8.61. The monoisotopic (exact) mass is 167 g/mol. The van der Waals surface area contributed by atoms with Gasteiger partial charge < -0.3 is 0 Å². The molecule has 0 saturated heterocycles. The summed E-state index contributed by atoms with van der Waals surface area (Å²) in [6.45, 7) is 6.25. The van der Waals surface area contributed by atoms with Crippen molar-refractivity contribution in [3.63, 3.8) is 0 Å². The van der Waals surface area contributed by atoms with Crippen molar-refractivity contribution in [1.29, 1.82) is 0 Å². The van der Waals surface area contributed by atoms with Crippen LogP contribution in [0.15, 0.2) is 12.1 Å². The number of rotatable bonds is 1. The third-order valence-corrected chi connectivity index (χ3v) is 2.02. The van der Waals surface area contributed by atoms with Crippen LogP contribution in [-0.4, -0.2) is 0 Å². The van der Waals surface area contributed by atoms with Gasteiger partial charge in [-0.3, -0.25) is 0 Å². The molecule has 0 aliphatic rings. The van der Waals surface area contributed by atoms with Gasteiger partial charge in [-0.1, -0.05) is 25.4 Å². The van der Waals surface area contributed by atoms with E-state index in [0.717, 1.165) is 10.6 Å². The molecule has 1 heteroatoms. The van der Waals surface area contributed by atoms with Gasteiger partial charge in [0.15, 0.2) is 0 Å². The van der Waals surface area contributed by atoms with Crippen molar-refractivity contribution in [3.05, 3.63) is 34.3 Å². The Morgan fingerprint density at radius 2 is 2.09 bits per heavy atom. The van der Waals surface area contributed by atoms with Crippen LogP contribution in [0.1, 0.15) is 30.9 Å². The minimum atomic E-state index is 0.486. The van der Waals surface area contributed by atoms with Gasteiger partial charge in [-0.05, 0) is 42.2 Å². The molecule has 1 aromatic carbocycles. The summed E-state index contributed by atoms with van der Waals surface area (Å²) >= 11 is 6.00. The zero-order valence-corrected chi connectivity index (χ0v) is 7.87. The van der Waals surface area contributed by atoms with E-state index in [-0.39, 0.29) is 0 Å². The molecular formula is C10H12Cl. The maximum Gasteiger partial charge on any atom is 0.0443 e. The number of hydrogen-bond acceptors (Lipinski definition) is 0. The molecule has 0 aliphatic carbocycles. The lowest BCUT2D eigenvalue weighted by Crippen LogP contribution is -1.88. The normalized spacial score (nSPS) is 10.6. The summed E-state index contributed by atoms with van der Waals surface area (Å²) in [5.41, 5.74) is 2.27. The van der Waals surface area contributed by atoms with E-state index in [1.165, 1.54) is 5.56 Å². The fraction of sp³-hybridized carbons (Fsp3) is 0.400. The summed E-state index contributed by atoms with van der Waals surface area (Å²) in [5.74, 6) is 0.486. The Bertz CT molecular complexity index is 251. The highest BCUT2D eigenvalue weighted by Crippen LogP contribution is 2.24. The maximum absolute atomic E-state index is 6.00. The summed E-state index contributed by atoms with van der Waals surface area (Å²) in [4.78, 5) is 0. The van der Waals surface area contributed by atoms with E-state index < -0.39 is 0 Å². The van der Waals surface area contributed by atoms with Gasteiger partial charge in [-0.25, -0.2) is 0 Å². The Labute approximate surface area is 73.2 Å². The first-order valence-electron chi connectivity index (χ1n) is 3.79. The molecule has 1 radical (unpaired) electrons. The fourth-order valence-corrected chi connectivity index (χ4v) is 1.45. The number of benzene rings is 1. The van der Waals surface area contributed by atoms with E-state index in [4.69, 9.17) is 11.6 Å². The Hall–Kier alpha value is -0.490.